The maximum atomic E-state index is 5.45. The summed E-state index contributed by atoms with van der Waals surface area (Å²) in [4.78, 5) is 13.6. The van der Waals surface area contributed by atoms with E-state index < -0.39 is 0 Å². The van der Waals surface area contributed by atoms with E-state index in [9.17, 15) is 0 Å². The molecule has 0 atom stereocenters. The molecule has 1 aromatic carbocycles. The van der Waals surface area contributed by atoms with Crippen molar-refractivity contribution < 1.29 is 4.74 Å². The van der Waals surface area contributed by atoms with Crippen LogP contribution in [0, 0.1) is 13.8 Å². The summed E-state index contributed by atoms with van der Waals surface area (Å²) in [6.07, 6.45) is 3.67. The first-order chi connectivity index (χ1) is 10.7. The summed E-state index contributed by atoms with van der Waals surface area (Å²) < 4.78 is 5.45. The van der Waals surface area contributed by atoms with Gasteiger partial charge in [-0.3, -0.25) is 9.97 Å². The number of para-hydroxylation sites is 2. The first-order valence-electron chi connectivity index (χ1n) is 7.02. The van der Waals surface area contributed by atoms with Gasteiger partial charge in [-0.05, 0) is 26.0 Å². The van der Waals surface area contributed by atoms with Crippen molar-refractivity contribution in [3.63, 3.8) is 0 Å². The lowest BCUT2D eigenvalue weighted by molar-refractivity contribution is 0.407. The molecule has 4 nitrogen and oxygen atoms in total. The minimum Gasteiger partial charge on any atom is -0.496 e. The van der Waals surface area contributed by atoms with Crippen LogP contribution < -0.4 is 4.74 Å². The largest absolute Gasteiger partial charge is 0.496 e. The molecule has 5 heteroatoms. The van der Waals surface area contributed by atoms with Crippen LogP contribution in [0.2, 0.25) is 0 Å². The van der Waals surface area contributed by atoms with Gasteiger partial charge in [-0.1, -0.05) is 23.9 Å². The number of fused-ring (bicyclic) bond motifs is 1. The average Bonchev–Trinajstić information content (AvgIpc) is 2.54. The lowest BCUT2D eigenvalue weighted by atomic mass is 10.1. The first-order valence-corrected chi connectivity index (χ1v) is 8.01. The fraction of sp³-hybridized carbons (Fsp3) is 0.235. The van der Waals surface area contributed by atoms with E-state index >= 15 is 0 Å². The molecule has 112 valence electrons. The standard InChI is InChI=1S/C17H17N3OS/c1-11-8-18-15(12(2)17(11)21-3)10-22-16-9-19-13-6-4-5-7-14(13)20-16/h4-9H,10H2,1-3H3. The van der Waals surface area contributed by atoms with Crippen LogP contribution in [-0.2, 0) is 5.75 Å². The van der Waals surface area contributed by atoms with Gasteiger partial charge in [0.05, 0.1) is 30.0 Å². The second-order valence-electron chi connectivity index (χ2n) is 5.03. The van der Waals surface area contributed by atoms with Crippen molar-refractivity contribution in [3.05, 3.63) is 53.5 Å². The molecule has 0 aliphatic carbocycles. The highest BCUT2D eigenvalue weighted by atomic mass is 32.2. The van der Waals surface area contributed by atoms with Crippen LogP contribution in [0.25, 0.3) is 11.0 Å². The molecule has 3 aromatic rings. The molecule has 3 rings (SSSR count). The zero-order valence-electron chi connectivity index (χ0n) is 12.8. The van der Waals surface area contributed by atoms with Gasteiger partial charge in [0, 0.05) is 23.1 Å². The molecule has 0 saturated carbocycles. The lowest BCUT2D eigenvalue weighted by Crippen LogP contribution is -1.99. The molecule has 0 fully saturated rings. The summed E-state index contributed by atoms with van der Waals surface area (Å²) in [5.74, 6) is 1.66. The molecule has 0 radical (unpaired) electrons. The van der Waals surface area contributed by atoms with Gasteiger partial charge < -0.3 is 4.74 Å². The fourth-order valence-electron chi connectivity index (χ4n) is 2.37. The maximum absolute atomic E-state index is 5.45. The van der Waals surface area contributed by atoms with E-state index in [0.717, 1.165) is 44.4 Å². The summed E-state index contributed by atoms with van der Waals surface area (Å²) in [6.45, 7) is 4.05. The van der Waals surface area contributed by atoms with Crippen molar-refractivity contribution in [2.75, 3.05) is 7.11 Å². The summed E-state index contributed by atoms with van der Waals surface area (Å²) in [6, 6.07) is 7.88. The summed E-state index contributed by atoms with van der Waals surface area (Å²) in [5, 5.41) is 0.902. The molecule has 0 spiro atoms. The highest BCUT2D eigenvalue weighted by Crippen LogP contribution is 2.28. The highest BCUT2D eigenvalue weighted by molar-refractivity contribution is 7.98. The van der Waals surface area contributed by atoms with Gasteiger partial charge >= 0.3 is 0 Å². The molecule has 0 aliphatic rings. The number of pyridine rings is 1. The van der Waals surface area contributed by atoms with E-state index in [0.29, 0.717) is 0 Å². The Morgan fingerprint density at radius 2 is 1.82 bits per heavy atom. The van der Waals surface area contributed by atoms with E-state index in [1.165, 1.54) is 0 Å². The molecule has 0 bridgehead atoms. The monoisotopic (exact) mass is 311 g/mol. The smallest absolute Gasteiger partial charge is 0.128 e. The minimum atomic E-state index is 0.746. The van der Waals surface area contributed by atoms with Gasteiger partial charge in [-0.25, -0.2) is 4.98 Å². The number of aryl methyl sites for hydroxylation is 1. The van der Waals surface area contributed by atoms with E-state index in [-0.39, 0.29) is 0 Å². The number of methoxy groups -OCH3 is 1. The van der Waals surface area contributed by atoms with Gasteiger partial charge in [0.1, 0.15) is 10.8 Å². The third-order valence-corrected chi connectivity index (χ3v) is 4.44. The zero-order chi connectivity index (χ0) is 15.5. The average molecular weight is 311 g/mol. The van der Waals surface area contributed by atoms with Crippen LogP contribution in [0.3, 0.4) is 0 Å². The quantitative estimate of drug-likeness (QED) is 0.683. The number of benzene rings is 1. The van der Waals surface area contributed by atoms with Crippen LogP contribution in [0.5, 0.6) is 5.75 Å². The zero-order valence-corrected chi connectivity index (χ0v) is 13.6. The van der Waals surface area contributed by atoms with Gasteiger partial charge in [0.15, 0.2) is 0 Å². The van der Waals surface area contributed by atoms with E-state index in [2.05, 4.69) is 15.0 Å². The molecule has 0 unspecified atom stereocenters. The molecule has 0 saturated heterocycles. The van der Waals surface area contributed by atoms with Crippen LogP contribution in [0.15, 0.2) is 41.7 Å². The van der Waals surface area contributed by atoms with Crippen molar-refractivity contribution in [2.24, 2.45) is 0 Å². The van der Waals surface area contributed by atoms with Crippen LogP contribution >= 0.6 is 11.8 Å². The van der Waals surface area contributed by atoms with Crippen LogP contribution in [0.1, 0.15) is 16.8 Å². The maximum Gasteiger partial charge on any atom is 0.128 e. The molecule has 0 amide bonds. The van der Waals surface area contributed by atoms with Crippen molar-refractivity contribution >= 4 is 22.8 Å². The van der Waals surface area contributed by atoms with Gasteiger partial charge in [-0.2, -0.15) is 0 Å². The second-order valence-corrected chi connectivity index (χ2v) is 6.03. The first kappa shape index (κ1) is 14.8. The van der Waals surface area contributed by atoms with E-state index in [4.69, 9.17) is 4.74 Å². The van der Waals surface area contributed by atoms with Crippen LogP contribution in [0.4, 0.5) is 0 Å². The number of ether oxygens (including phenoxy) is 1. The predicted molar refractivity (Wildman–Crippen MR) is 89.4 cm³/mol. The summed E-state index contributed by atoms with van der Waals surface area (Å²) in [5.41, 5.74) is 4.99. The fourth-order valence-corrected chi connectivity index (χ4v) is 3.23. The normalized spacial score (nSPS) is 10.9. The summed E-state index contributed by atoms with van der Waals surface area (Å²) in [7, 11) is 1.70. The van der Waals surface area contributed by atoms with Crippen molar-refractivity contribution in [3.8, 4) is 5.75 Å². The number of hydrogen-bond donors (Lipinski definition) is 0. The number of thioether (sulfide) groups is 1. The molecule has 2 heterocycles. The number of aromatic nitrogens is 3. The Balaban J connectivity index is 1.82. The Hall–Kier alpha value is -2.14. The molecule has 0 aliphatic heterocycles. The third kappa shape index (κ3) is 2.90. The molecule has 22 heavy (non-hydrogen) atoms. The second kappa shape index (κ2) is 6.32. The molecular weight excluding hydrogens is 294 g/mol. The van der Waals surface area contributed by atoms with E-state index in [1.54, 1.807) is 18.9 Å². The predicted octanol–water partition coefficient (Wildman–Crippen LogP) is 3.94. The Labute approximate surface area is 134 Å². The molecule has 2 aromatic heterocycles. The Bertz CT molecular complexity index is 820. The van der Waals surface area contributed by atoms with Gasteiger partial charge in [0.25, 0.3) is 0 Å². The van der Waals surface area contributed by atoms with Crippen molar-refractivity contribution in [1.29, 1.82) is 0 Å². The van der Waals surface area contributed by atoms with Gasteiger partial charge in [-0.15, -0.1) is 0 Å². The van der Waals surface area contributed by atoms with Crippen LogP contribution in [-0.4, -0.2) is 22.1 Å². The third-order valence-electron chi connectivity index (χ3n) is 3.53. The SMILES string of the molecule is COc1c(C)cnc(CSc2cnc3ccccc3n2)c1C. The van der Waals surface area contributed by atoms with Gasteiger partial charge in [0.2, 0.25) is 0 Å². The number of rotatable bonds is 4. The highest BCUT2D eigenvalue weighted by Gasteiger charge is 2.10. The number of nitrogens with zero attached hydrogens (tertiary/aromatic N) is 3. The minimum absolute atomic E-state index is 0.746. The lowest BCUT2D eigenvalue weighted by Gasteiger charge is -2.11. The van der Waals surface area contributed by atoms with E-state index in [1.807, 2.05) is 50.5 Å². The van der Waals surface area contributed by atoms with Crippen molar-refractivity contribution in [2.45, 2.75) is 24.6 Å². The molecule has 0 N–H and O–H groups in total. The van der Waals surface area contributed by atoms with Crippen molar-refractivity contribution in [1.82, 2.24) is 15.0 Å². The Morgan fingerprint density at radius 3 is 2.59 bits per heavy atom. The Kier molecular flexibility index (Phi) is 4.24. The Morgan fingerprint density at radius 1 is 1.05 bits per heavy atom. The topological polar surface area (TPSA) is 47.9 Å². The number of hydrogen-bond acceptors (Lipinski definition) is 5. The molecular formula is C17H17N3OS. The summed E-state index contributed by atoms with van der Waals surface area (Å²) >= 11 is 1.64.